The third-order valence-corrected chi connectivity index (χ3v) is 13.0. The maximum atomic E-state index is 14.9. The molecule has 7 rings (SSSR count). The molecule has 2 aromatic rings. The molecule has 0 unspecified atom stereocenters. The number of anilines is 1. The number of hydrogen-bond donors (Lipinski definition) is 6. The van der Waals surface area contributed by atoms with Crippen molar-refractivity contribution in [1.82, 2.24) is 4.98 Å². The van der Waals surface area contributed by atoms with Gasteiger partial charge in [0.25, 0.3) is 0 Å². The van der Waals surface area contributed by atoms with Crippen LogP contribution in [0.1, 0.15) is 71.2 Å². The minimum Gasteiger partial charge on any atom is -0.511 e. The molecule has 2 aliphatic heterocycles. The molecule has 3 aliphatic carbocycles. The van der Waals surface area contributed by atoms with Crippen LogP contribution in [-0.2, 0) is 11.2 Å². The van der Waals surface area contributed by atoms with Crippen molar-refractivity contribution in [2.75, 3.05) is 23.6 Å². The largest absolute Gasteiger partial charge is 0.511 e. The second-order valence-corrected chi connectivity index (χ2v) is 16.2. The topological polar surface area (TPSA) is 179 Å². The second kappa shape index (κ2) is 14.0. The molecule has 1 saturated heterocycles. The van der Waals surface area contributed by atoms with Crippen LogP contribution in [0.15, 0.2) is 60.0 Å². The molecule has 1 saturated carbocycles. The molecule has 1 aromatic carbocycles. The van der Waals surface area contributed by atoms with E-state index in [0.29, 0.717) is 17.6 Å². The summed E-state index contributed by atoms with van der Waals surface area (Å²) in [5.74, 6) is -0.492. The Hall–Kier alpha value is -2.91. The first-order valence-corrected chi connectivity index (χ1v) is 19.4. The number of Topliss-reactive ketones (excluding diaryl/α,β-unsaturated/α-hetero) is 2. The zero-order valence-corrected chi connectivity index (χ0v) is 28.6. The summed E-state index contributed by atoms with van der Waals surface area (Å²) >= 11 is 0. The number of ether oxygens (including phenoxy) is 2. The molecule has 6 bridgehead atoms. The van der Waals surface area contributed by atoms with E-state index in [1.54, 1.807) is 36.5 Å². The zero-order chi connectivity index (χ0) is 34.3. The van der Waals surface area contributed by atoms with E-state index in [-0.39, 0.29) is 47.0 Å². The Balaban J connectivity index is 1.31. The van der Waals surface area contributed by atoms with Crippen molar-refractivity contribution in [3.63, 3.8) is 0 Å². The van der Waals surface area contributed by atoms with Gasteiger partial charge in [-0.05, 0) is 60.6 Å². The number of fused-ring (bicyclic) bond motifs is 4. The Kier molecular flexibility index (Phi) is 9.88. The van der Waals surface area contributed by atoms with Gasteiger partial charge < -0.3 is 40.3 Å². The molecule has 1 spiro atoms. The Labute approximate surface area is 292 Å². The molecule has 6 N–H and O–H groups in total. The molecular weight excluding hydrogens is 669 g/mol. The van der Waals surface area contributed by atoms with Crippen molar-refractivity contribution in [2.24, 2.45) is 17.3 Å². The normalized spacial score (nSPS) is 33.9. The van der Waals surface area contributed by atoms with Gasteiger partial charge in [0.05, 0.1) is 24.0 Å². The predicted molar refractivity (Wildman–Crippen MR) is 185 cm³/mol. The van der Waals surface area contributed by atoms with Gasteiger partial charge in [0, 0.05) is 17.5 Å². The standard InChI is InChI=1S/C36H42N2O9S2/c39-17-26-31(42)36(45)11-9-21-10-12-37-28(16-21)38-19-49-48-18-35-24(14-22(15-27(35)40)13-20-5-2-1-3-6-20)30(41)23-7-4-8-25(29(23)32(35)43)46-34(47-26)33(36)44/h4,7-8,10,12,14-16,20,24,26,31,33-34,39-40,42,44-45H,1-3,5-6,9,11,13,17-19H2,(H,37,38)/t24-,26-,31-,33+,34-,35+,36+/m1/s1. The van der Waals surface area contributed by atoms with Crippen LogP contribution in [0.5, 0.6) is 5.75 Å². The van der Waals surface area contributed by atoms with Crippen LogP contribution < -0.4 is 10.1 Å². The number of aryl methyl sites for hydroxylation is 1. The summed E-state index contributed by atoms with van der Waals surface area (Å²) in [5.41, 5.74) is -2.06. The molecule has 13 heteroatoms. The van der Waals surface area contributed by atoms with Crippen molar-refractivity contribution in [3.8, 4) is 5.75 Å². The number of aliphatic hydroxyl groups is 5. The van der Waals surface area contributed by atoms with E-state index in [9.17, 15) is 35.1 Å². The SMILES string of the molecule is O=C1c2cccc3c2C(=O)[C@]2(CSSCNc4cc(ccn4)CC[C@]4(O)[C@H](O)[C@@H](CO)O[C@@H](O3)[C@@H]4O)C(O)=CC(CC3CCCCC3)=C[C@H]12. The minimum atomic E-state index is -2.17. The third-order valence-electron chi connectivity index (χ3n) is 10.8. The maximum Gasteiger partial charge on any atom is 0.229 e. The lowest BCUT2D eigenvalue weighted by molar-refractivity contribution is -0.315. The number of nitrogens with one attached hydrogen (secondary N) is 1. The van der Waals surface area contributed by atoms with E-state index in [2.05, 4.69) is 10.3 Å². The van der Waals surface area contributed by atoms with Gasteiger partial charge in [-0.25, -0.2) is 4.98 Å². The molecule has 11 nitrogen and oxygen atoms in total. The first-order chi connectivity index (χ1) is 23.7. The molecule has 0 radical (unpaired) electrons. The van der Waals surface area contributed by atoms with Gasteiger partial charge in [0.2, 0.25) is 6.29 Å². The fraction of sp³-hybridized carbons (Fsp3) is 0.528. The summed E-state index contributed by atoms with van der Waals surface area (Å²) in [4.78, 5) is 33.7. The van der Waals surface area contributed by atoms with Gasteiger partial charge in [-0.2, -0.15) is 0 Å². The number of carbonyl (C=O) groups is 2. The molecular formula is C36H42N2O9S2. The van der Waals surface area contributed by atoms with Crippen molar-refractivity contribution in [1.29, 1.82) is 0 Å². The molecule has 2 fully saturated rings. The van der Waals surface area contributed by atoms with E-state index in [1.165, 1.54) is 34.1 Å². The Morgan fingerprint density at radius 3 is 2.67 bits per heavy atom. The van der Waals surface area contributed by atoms with E-state index in [1.807, 2.05) is 6.08 Å². The molecule has 7 atom stereocenters. The van der Waals surface area contributed by atoms with Crippen LogP contribution in [0.3, 0.4) is 0 Å². The van der Waals surface area contributed by atoms with Crippen molar-refractivity contribution in [2.45, 2.75) is 81.6 Å². The van der Waals surface area contributed by atoms with Crippen LogP contribution >= 0.6 is 21.6 Å². The van der Waals surface area contributed by atoms with E-state index in [0.717, 1.165) is 43.2 Å². The molecule has 262 valence electrons. The van der Waals surface area contributed by atoms with Crippen molar-refractivity contribution in [3.05, 3.63) is 76.7 Å². The Morgan fingerprint density at radius 2 is 1.88 bits per heavy atom. The number of pyridine rings is 1. The van der Waals surface area contributed by atoms with Gasteiger partial charge in [0.15, 0.2) is 11.6 Å². The lowest BCUT2D eigenvalue weighted by Crippen LogP contribution is -2.68. The van der Waals surface area contributed by atoms with E-state index in [4.69, 9.17) is 9.47 Å². The summed E-state index contributed by atoms with van der Waals surface area (Å²) in [6.45, 7) is -0.683. The number of ketones is 2. The number of benzene rings is 1. The van der Waals surface area contributed by atoms with Crippen LogP contribution in [0.25, 0.3) is 0 Å². The van der Waals surface area contributed by atoms with Gasteiger partial charge in [0.1, 0.15) is 46.7 Å². The van der Waals surface area contributed by atoms with Gasteiger partial charge in [-0.1, -0.05) is 71.9 Å². The summed E-state index contributed by atoms with van der Waals surface area (Å²) in [7, 11) is 2.80. The minimum absolute atomic E-state index is 0.0529. The molecule has 49 heavy (non-hydrogen) atoms. The van der Waals surface area contributed by atoms with Crippen molar-refractivity contribution < 1.29 is 44.6 Å². The van der Waals surface area contributed by atoms with E-state index >= 15 is 0 Å². The van der Waals surface area contributed by atoms with Crippen LogP contribution in [0, 0.1) is 17.3 Å². The van der Waals surface area contributed by atoms with Crippen LogP contribution in [-0.4, -0.2) is 90.5 Å². The number of aliphatic hydroxyl groups excluding tert-OH is 4. The number of rotatable bonds is 3. The number of carbonyl (C=O) groups excluding carboxylic acids is 2. The zero-order valence-electron chi connectivity index (χ0n) is 27.0. The summed E-state index contributed by atoms with van der Waals surface area (Å²) in [6.07, 6.45) is 5.30. The summed E-state index contributed by atoms with van der Waals surface area (Å²) in [6, 6.07) is 8.18. The lowest BCUT2D eigenvalue weighted by atomic mass is 9.60. The molecule has 5 aliphatic rings. The predicted octanol–water partition coefficient (Wildman–Crippen LogP) is 4.36. The highest BCUT2D eigenvalue weighted by Gasteiger charge is 2.59. The monoisotopic (exact) mass is 710 g/mol. The highest BCUT2D eigenvalue weighted by atomic mass is 33.1. The van der Waals surface area contributed by atoms with Crippen molar-refractivity contribution >= 4 is 39.0 Å². The molecule has 3 heterocycles. The van der Waals surface area contributed by atoms with Gasteiger partial charge >= 0.3 is 0 Å². The summed E-state index contributed by atoms with van der Waals surface area (Å²) < 4.78 is 11.9. The smallest absolute Gasteiger partial charge is 0.229 e. The fourth-order valence-corrected chi connectivity index (χ4v) is 10.3. The Morgan fingerprint density at radius 1 is 1.06 bits per heavy atom. The summed E-state index contributed by atoms with van der Waals surface area (Å²) in [5, 5.41) is 59.5. The molecule has 0 amide bonds. The quantitative estimate of drug-likeness (QED) is 0.248. The van der Waals surface area contributed by atoms with Crippen LogP contribution in [0.4, 0.5) is 5.82 Å². The number of nitrogens with zero attached hydrogens (tertiary/aromatic N) is 1. The van der Waals surface area contributed by atoms with Gasteiger partial charge in [-0.15, -0.1) is 0 Å². The van der Waals surface area contributed by atoms with Crippen LogP contribution in [0.2, 0.25) is 0 Å². The van der Waals surface area contributed by atoms with E-state index < -0.39 is 53.9 Å². The number of allylic oxidation sites excluding steroid dienone is 4. The second-order valence-electron chi connectivity index (χ2n) is 13.8. The highest BCUT2D eigenvalue weighted by Crippen LogP contribution is 2.53. The third kappa shape index (κ3) is 6.21. The Bertz CT molecular complexity index is 1660. The highest BCUT2D eigenvalue weighted by molar-refractivity contribution is 8.76. The average Bonchev–Trinajstić information content (AvgIpc) is 3.11. The average molecular weight is 711 g/mol. The first kappa shape index (κ1) is 34.5. The number of aromatic nitrogens is 1. The lowest BCUT2D eigenvalue weighted by Gasteiger charge is -2.48. The maximum absolute atomic E-state index is 14.9. The fourth-order valence-electron chi connectivity index (χ4n) is 8.03. The van der Waals surface area contributed by atoms with Gasteiger partial charge in [-0.3, -0.25) is 9.59 Å². The molecule has 1 aromatic heterocycles. The first-order valence-electron chi connectivity index (χ1n) is 16.9. The number of hydrogen-bond acceptors (Lipinski definition) is 13.